The molecule has 2 aromatic carbocycles. The summed E-state index contributed by atoms with van der Waals surface area (Å²) in [6.07, 6.45) is 0. The molecule has 0 atom stereocenters. The number of fused-ring (bicyclic) bond motifs is 1. The van der Waals surface area contributed by atoms with Crippen molar-refractivity contribution >= 4 is 34.1 Å². The Morgan fingerprint density at radius 1 is 1.11 bits per heavy atom. The van der Waals surface area contributed by atoms with Gasteiger partial charge in [-0.2, -0.15) is 0 Å². The first-order valence-corrected chi connectivity index (χ1v) is 6.63. The van der Waals surface area contributed by atoms with E-state index in [0.29, 0.717) is 17.9 Å². The normalized spacial score (nSPS) is 13.9. The van der Waals surface area contributed by atoms with E-state index < -0.39 is 0 Å². The highest BCUT2D eigenvalue weighted by Gasteiger charge is 2.25. The van der Waals surface area contributed by atoms with Crippen molar-refractivity contribution in [3.63, 3.8) is 0 Å². The molecular weight excluding hydrogens is 342 g/mol. The number of benzene rings is 2. The van der Waals surface area contributed by atoms with Gasteiger partial charge in [0.1, 0.15) is 11.7 Å². The smallest absolute Gasteiger partial charge is 0.133 e. The molecule has 0 saturated heterocycles. The van der Waals surface area contributed by atoms with Crippen LogP contribution >= 0.6 is 22.6 Å². The number of rotatable bonds is 1. The van der Waals surface area contributed by atoms with Crippen LogP contribution in [0.2, 0.25) is 0 Å². The largest absolute Gasteiger partial charge is 0.322 e. The van der Waals surface area contributed by atoms with E-state index in [1.807, 2.05) is 29.2 Å². The quantitative estimate of drug-likeness (QED) is 0.778. The van der Waals surface area contributed by atoms with Crippen LogP contribution in [-0.4, -0.2) is 5.84 Å². The Morgan fingerprint density at radius 3 is 2.56 bits per heavy atom. The molecule has 90 valence electrons. The van der Waals surface area contributed by atoms with Crippen LogP contribution in [0.4, 0.5) is 10.1 Å². The zero-order chi connectivity index (χ0) is 12.7. The van der Waals surface area contributed by atoms with Gasteiger partial charge in [0.25, 0.3) is 0 Å². The Kier molecular flexibility index (Phi) is 2.81. The molecule has 0 aliphatic carbocycles. The number of halogens is 2. The first-order valence-electron chi connectivity index (χ1n) is 5.55. The average Bonchev–Trinajstić information content (AvgIpc) is 2.68. The molecule has 2 aromatic rings. The van der Waals surface area contributed by atoms with Crippen molar-refractivity contribution in [3.8, 4) is 0 Å². The standard InChI is InChI=1S/C14H10FIN2/c15-10-2-1-9-8-18(14(17)13(9)7-10)12-5-3-11(16)4-6-12/h1-7,17H,8H2. The van der Waals surface area contributed by atoms with Gasteiger partial charge >= 0.3 is 0 Å². The molecule has 0 radical (unpaired) electrons. The van der Waals surface area contributed by atoms with E-state index in [2.05, 4.69) is 22.6 Å². The number of hydrogen-bond donors (Lipinski definition) is 1. The second-order valence-electron chi connectivity index (χ2n) is 4.21. The Hall–Kier alpha value is -1.43. The number of hydrogen-bond acceptors (Lipinski definition) is 1. The molecule has 1 heterocycles. The highest BCUT2D eigenvalue weighted by atomic mass is 127. The minimum Gasteiger partial charge on any atom is -0.322 e. The van der Waals surface area contributed by atoms with E-state index in [1.165, 1.54) is 12.1 Å². The van der Waals surface area contributed by atoms with Gasteiger partial charge in [0.05, 0.1) is 6.54 Å². The predicted molar refractivity (Wildman–Crippen MR) is 78.6 cm³/mol. The maximum Gasteiger partial charge on any atom is 0.133 e. The van der Waals surface area contributed by atoms with Crippen LogP contribution in [0, 0.1) is 14.8 Å². The van der Waals surface area contributed by atoms with Crippen molar-refractivity contribution in [2.24, 2.45) is 0 Å². The van der Waals surface area contributed by atoms with Crippen molar-refractivity contribution in [1.82, 2.24) is 0 Å². The van der Waals surface area contributed by atoms with E-state index in [4.69, 9.17) is 5.41 Å². The number of amidine groups is 1. The summed E-state index contributed by atoms with van der Waals surface area (Å²) < 4.78 is 14.4. The molecule has 1 N–H and O–H groups in total. The summed E-state index contributed by atoms with van der Waals surface area (Å²) in [5, 5.41) is 8.13. The van der Waals surface area contributed by atoms with Crippen molar-refractivity contribution in [2.75, 3.05) is 4.90 Å². The molecule has 0 bridgehead atoms. The number of nitrogens with one attached hydrogen (secondary N) is 1. The first kappa shape index (κ1) is 11.6. The third-order valence-electron chi connectivity index (χ3n) is 3.06. The zero-order valence-corrected chi connectivity index (χ0v) is 11.6. The average molecular weight is 352 g/mol. The Bertz CT molecular complexity index is 622. The minimum absolute atomic E-state index is 0.289. The topological polar surface area (TPSA) is 27.1 Å². The molecule has 18 heavy (non-hydrogen) atoms. The van der Waals surface area contributed by atoms with Gasteiger partial charge in [-0.15, -0.1) is 0 Å². The fourth-order valence-corrected chi connectivity index (χ4v) is 2.50. The third kappa shape index (κ3) is 1.90. The van der Waals surface area contributed by atoms with E-state index in [1.54, 1.807) is 6.07 Å². The van der Waals surface area contributed by atoms with Crippen molar-refractivity contribution < 1.29 is 4.39 Å². The fourth-order valence-electron chi connectivity index (χ4n) is 2.14. The molecule has 1 aliphatic rings. The summed E-state index contributed by atoms with van der Waals surface area (Å²) in [5.41, 5.74) is 2.66. The van der Waals surface area contributed by atoms with Gasteiger partial charge in [0, 0.05) is 14.8 Å². The molecule has 0 fully saturated rings. The maximum atomic E-state index is 13.2. The first-order chi connectivity index (χ1) is 8.65. The Morgan fingerprint density at radius 2 is 1.83 bits per heavy atom. The Labute approximate surface area is 118 Å². The monoisotopic (exact) mass is 352 g/mol. The van der Waals surface area contributed by atoms with Gasteiger partial charge in [-0.05, 0) is 64.6 Å². The lowest BCUT2D eigenvalue weighted by molar-refractivity contribution is 0.627. The maximum absolute atomic E-state index is 13.2. The Balaban J connectivity index is 1.99. The second-order valence-corrected chi connectivity index (χ2v) is 5.46. The zero-order valence-electron chi connectivity index (χ0n) is 9.45. The van der Waals surface area contributed by atoms with Gasteiger partial charge in [0.2, 0.25) is 0 Å². The SMILES string of the molecule is N=C1c2cc(F)ccc2CN1c1ccc(I)cc1. The van der Waals surface area contributed by atoms with Crippen LogP contribution in [0.25, 0.3) is 0 Å². The van der Waals surface area contributed by atoms with Gasteiger partial charge in [-0.25, -0.2) is 4.39 Å². The van der Waals surface area contributed by atoms with E-state index in [9.17, 15) is 4.39 Å². The third-order valence-corrected chi connectivity index (χ3v) is 3.78. The second kappa shape index (κ2) is 4.35. The molecule has 4 heteroatoms. The predicted octanol–water partition coefficient (Wildman–Crippen LogP) is 3.78. The van der Waals surface area contributed by atoms with Gasteiger partial charge in [-0.3, -0.25) is 5.41 Å². The van der Waals surface area contributed by atoms with Gasteiger partial charge < -0.3 is 4.90 Å². The highest BCUT2D eigenvalue weighted by Crippen LogP contribution is 2.28. The van der Waals surface area contributed by atoms with Crippen LogP contribution in [0.5, 0.6) is 0 Å². The molecule has 3 rings (SSSR count). The molecular formula is C14H10FIN2. The minimum atomic E-state index is -0.289. The summed E-state index contributed by atoms with van der Waals surface area (Å²) in [4.78, 5) is 1.89. The lowest BCUT2D eigenvalue weighted by Gasteiger charge is -2.17. The molecule has 0 unspecified atom stereocenters. The number of anilines is 1. The summed E-state index contributed by atoms with van der Waals surface area (Å²) in [6.45, 7) is 0.634. The van der Waals surface area contributed by atoms with Gasteiger partial charge in [-0.1, -0.05) is 6.07 Å². The van der Waals surface area contributed by atoms with Gasteiger partial charge in [0.15, 0.2) is 0 Å². The summed E-state index contributed by atoms with van der Waals surface area (Å²) in [7, 11) is 0. The van der Waals surface area contributed by atoms with Crippen LogP contribution in [-0.2, 0) is 6.54 Å². The van der Waals surface area contributed by atoms with Crippen LogP contribution in [0.15, 0.2) is 42.5 Å². The van der Waals surface area contributed by atoms with Crippen LogP contribution < -0.4 is 4.90 Å². The summed E-state index contributed by atoms with van der Waals surface area (Å²) in [6, 6.07) is 12.6. The van der Waals surface area contributed by atoms with Crippen molar-refractivity contribution in [1.29, 1.82) is 5.41 Å². The van der Waals surface area contributed by atoms with E-state index >= 15 is 0 Å². The van der Waals surface area contributed by atoms with E-state index in [0.717, 1.165) is 14.8 Å². The molecule has 0 spiro atoms. The molecule has 0 aromatic heterocycles. The van der Waals surface area contributed by atoms with Crippen molar-refractivity contribution in [3.05, 3.63) is 63.0 Å². The number of nitrogens with zero attached hydrogens (tertiary/aromatic N) is 1. The lowest BCUT2D eigenvalue weighted by Crippen LogP contribution is -2.22. The summed E-state index contributed by atoms with van der Waals surface area (Å²) in [5.74, 6) is 0.0775. The molecule has 1 aliphatic heterocycles. The van der Waals surface area contributed by atoms with Crippen molar-refractivity contribution in [2.45, 2.75) is 6.54 Å². The molecule has 0 amide bonds. The fraction of sp³-hybridized carbons (Fsp3) is 0.0714. The summed E-state index contributed by atoms with van der Waals surface area (Å²) >= 11 is 2.25. The molecule has 2 nitrogen and oxygen atoms in total. The lowest BCUT2D eigenvalue weighted by atomic mass is 10.1. The highest BCUT2D eigenvalue weighted by molar-refractivity contribution is 14.1. The molecule has 0 saturated carbocycles. The van der Waals surface area contributed by atoms with Crippen LogP contribution in [0.3, 0.4) is 0 Å². The van der Waals surface area contributed by atoms with E-state index in [-0.39, 0.29) is 5.82 Å². The van der Waals surface area contributed by atoms with Crippen LogP contribution in [0.1, 0.15) is 11.1 Å².